The second-order valence-electron chi connectivity index (χ2n) is 4.62. The Labute approximate surface area is 122 Å². The van der Waals surface area contributed by atoms with Crippen LogP contribution in [0.25, 0.3) is 5.82 Å². The SMILES string of the molecule is CCNC(C)c1ccnc(-n2nc(C)c(Br)c2C)c1. The number of nitrogens with one attached hydrogen (secondary N) is 1. The van der Waals surface area contributed by atoms with Gasteiger partial charge in [0.1, 0.15) is 0 Å². The van der Waals surface area contributed by atoms with Gasteiger partial charge in [0, 0.05) is 12.2 Å². The zero-order chi connectivity index (χ0) is 14.0. The van der Waals surface area contributed by atoms with Gasteiger partial charge in [-0.05, 0) is 60.9 Å². The molecule has 0 saturated carbocycles. The molecule has 0 aliphatic carbocycles. The molecule has 0 bridgehead atoms. The maximum absolute atomic E-state index is 4.51. The van der Waals surface area contributed by atoms with Crippen molar-refractivity contribution in [2.45, 2.75) is 33.7 Å². The molecule has 19 heavy (non-hydrogen) atoms. The first kappa shape index (κ1) is 14.2. The Hall–Kier alpha value is -1.20. The van der Waals surface area contributed by atoms with Crippen LogP contribution in [0.15, 0.2) is 22.8 Å². The summed E-state index contributed by atoms with van der Waals surface area (Å²) in [5.41, 5.74) is 3.26. The minimum absolute atomic E-state index is 0.312. The number of hydrogen-bond acceptors (Lipinski definition) is 3. The Kier molecular flexibility index (Phi) is 4.37. The maximum atomic E-state index is 4.51. The number of pyridine rings is 1. The van der Waals surface area contributed by atoms with Crippen LogP contribution < -0.4 is 5.32 Å². The van der Waals surface area contributed by atoms with Gasteiger partial charge in [0.05, 0.1) is 15.9 Å². The molecule has 0 radical (unpaired) electrons. The number of nitrogens with zero attached hydrogens (tertiary/aromatic N) is 3. The van der Waals surface area contributed by atoms with Crippen LogP contribution in [0.3, 0.4) is 0 Å². The minimum atomic E-state index is 0.312. The van der Waals surface area contributed by atoms with E-state index in [1.807, 2.05) is 30.8 Å². The molecule has 2 aromatic rings. The van der Waals surface area contributed by atoms with E-state index in [2.05, 4.69) is 51.2 Å². The van der Waals surface area contributed by atoms with Crippen LogP contribution >= 0.6 is 15.9 Å². The van der Waals surface area contributed by atoms with Crippen LogP contribution in [0.2, 0.25) is 0 Å². The van der Waals surface area contributed by atoms with Crippen LogP contribution in [0, 0.1) is 13.8 Å². The highest BCUT2D eigenvalue weighted by Crippen LogP contribution is 2.23. The highest BCUT2D eigenvalue weighted by Gasteiger charge is 2.12. The lowest BCUT2D eigenvalue weighted by atomic mass is 10.1. The van der Waals surface area contributed by atoms with Crippen molar-refractivity contribution in [3.05, 3.63) is 39.8 Å². The van der Waals surface area contributed by atoms with E-state index in [9.17, 15) is 0 Å². The molecule has 1 unspecified atom stereocenters. The minimum Gasteiger partial charge on any atom is -0.310 e. The van der Waals surface area contributed by atoms with E-state index in [-0.39, 0.29) is 0 Å². The molecule has 0 amide bonds. The topological polar surface area (TPSA) is 42.7 Å². The summed E-state index contributed by atoms with van der Waals surface area (Å²) >= 11 is 3.55. The number of hydrogen-bond donors (Lipinski definition) is 1. The van der Waals surface area contributed by atoms with Crippen LogP contribution in [-0.2, 0) is 0 Å². The van der Waals surface area contributed by atoms with Crippen molar-refractivity contribution in [1.29, 1.82) is 0 Å². The van der Waals surface area contributed by atoms with Crippen molar-refractivity contribution in [3.8, 4) is 5.82 Å². The lowest BCUT2D eigenvalue weighted by Gasteiger charge is -2.13. The smallest absolute Gasteiger partial charge is 0.153 e. The highest BCUT2D eigenvalue weighted by molar-refractivity contribution is 9.10. The Morgan fingerprint density at radius 2 is 2.16 bits per heavy atom. The molecule has 5 heteroatoms. The standard InChI is InChI=1S/C14H19BrN4/c1-5-16-9(2)12-6-7-17-13(8-12)19-11(4)14(15)10(3)18-19/h6-9,16H,5H2,1-4H3. The number of halogens is 1. The number of aryl methyl sites for hydroxylation is 1. The van der Waals surface area contributed by atoms with Crippen molar-refractivity contribution in [3.63, 3.8) is 0 Å². The van der Waals surface area contributed by atoms with Gasteiger partial charge in [0.25, 0.3) is 0 Å². The third kappa shape index (κ3) is 2.87. The zero-order valence-electron chi connectivity index (χ0n) is 11.7. The van der Waals surface area contributed by atoms with Gasteiger partial charge < -0.3 is 5.32 Å². The van der Waals surface area contributed by atoms with Crippen LogP contribution in [0.5, 0.6) is 0 Å². The molecule has 0 aromatic carbocycles. The quantitative estimate of drug-likeness (QED) is 0.939. The van der Waals surface area contributed by atoms with Crippen molar-refractivity contribution in [1.82, 2.24) is 20.1 Å². The van der Waals surface area contributed by atoms with Crippen molar-refractivity contribution >= 4 is 15.9 Å². The Balaban J connectivity index is 2.40. The van der Waals surface area contributed by atoms with E-state index in [0.717, 1.165) is 28.2 Å². The van der Waals surface area contributed by atoms with Gasteiger partial charge in [-0.3, -0.25) is 0 Å². The first-order valence-electron chi connectivity index (χ1n) is 6.46. The average molecular weight is 323 g/mol. The molecule has 2 aromatic heterocycles. The first-order valence-corrected chi connectivity index (χ1v) is 7.25. The van der Waals surface area contributed by atoms with E-state index in [1.165, 1.54) is 5.56 Å². The van der Waals surface area contributed by atoms with E-state index in [0.29, 0.717) is 6.04 Å². The summed E-state index contributed by atoms with van der Waals surface area (Å²) in [6, 6.07) is 4.43. The third-order valence-corrected chi connectivity index (χ3v) is 4.35. The van der Waals surface area contributed by atoms with E-state index < -0.39 is 0 Å². The fraction of sp³-hybridized carbons (Fsp3) is 0.429. The molecule has 0 spiro atoms. The summed E-state index contributed by atoms with van der Waals surface area (Å²) in [5.74, 6) is 0.855. The summed E-state index contributed by atoms with van der Waals surface area (Å²) < 4.78 is 2.92. The van der Waals surface area contributed by atoms with Gasteiger partial charge >= 0.3 is 0 Å². The van der Waals surface area contributed by atoms with Gasteiger partial charge in [-0.15, -0.1) is 0 Å². The maximum Gasteiger partial charge on any atom is 0.153 e. The predicted octanol–water partition coefficient (Wildman–Crippen LogP) is 3.32. The highest BCUT2D eigenvalue weighted by atomic mass is 79.9. The Morgan fingerprint density at radius 1 is 1.42 bits per heavy atom. The summed E-state index contributed by atoms with van der Waals surface area (Å²) in [4.78, 5) is 4.42. The lowest BCUT2D eigenvalue weighted by Crippen LogP contribution is -2.18. The first-order chi connectivity index (χ1) is 9.04. The van der Waals surface area contributed by atoms with Gasteiger partial charge in [-0.2, -0.15) is 5.10 Å². The van der Waals surface area contributed by atoms with E-state index in [1.54, 1.807) is 0 Å². The molecule has 2 heterocycles. The third-order valence-electron chi connectivity index (χ3n) is 3.20. The molecule has 2 rings (SSSR count). The van der Waals surface area contributed by atoms with Gasteiger partial charge in [-0.25, -0.2) is 9.67 Å². The summed E-state index contributed by atoms with van der Waals surface area (Å²) in [6.07, 6.45) is 1.84. The number of rotatable bonds is 4. The Morgan fingerprint density at radius 3 is 2.74 bits per heavy atom. The van der Waals surface area contributed by atoms with Gasteiger partial charge in [-0.1, -0.05) is 6.92 Å². The van der Waals surface area contributed by atoms with Crippen LogP contribution in [0.1, 0.15) is 36.8 Å². The lowest BCUT2D eigenvalue weighted by molar-refractivity contribution is 0.596. The van der Waals surface area contributed by atoms with Crippen molar-refractivity contribution in [2.75, 3.05) is 6.54 Å². The second kappa shape index (κ2) is 5.84. The van der Waals surface area contributed by atoms with Crippen LogP contribution in [-0.4, -0.2) is 21.3 Å². The molecule has 0 aliphatic heterocycles. The predicted molar refractivity (Wildman–Crippen MR) is 80.6 cm³/mol. The molecule has 4 nitrogen and oxygen atoms in total. The molecule has 1 atom stereocenters. The second-order valence-corrected chi connectivity index (χ2v) is 5.42. The zero-order valence-corrected chi connectivity index (χ0v) is 13.3. The molecular weight excluding hydrogens is 304 g/mol. The largest absolute Gasteiger partial charge is 0.310 e. The molecular formula is C14H19BrN4. The molecule has 0 saturated heterocycles. The van der Waals surface area contributed by atoms with E-state index in [4.69, 9.17) is 0 Å². The summed E-state index contributed by atoms with van der Waals surface area (Å²) in [7, 11) is 0. The Bertz CT molecular complexity index is 577. The fourth-order valence-electron chi connectivity index (χ4n) is 2.09. The van der Waals surface area contributed by atoms with Crippen molar-refractivity contribution in [2.24, 2.45) is 0 Å². The van der Waals surface area contributed by atoms with Crippen molar-refractivity contribution < 1.29 is 0 Å². The van der Waals surface area contributed by atoms with Crippen LogP contribution in [0.4, 0.5) is 0 Å². The summed E-state index contributed by atoms with van der Waals surface area (Å²) in [6.45, 7) is 9.23. The monoisotopic (exact) mass is 322 g/mol. The number of aromatic nitrogens is 3. The normalized spacial score (nSPS) is 12.7. The average Bonchev–Trinajstić information content (AvgIpc) is 2.67. The fourth-order valence-corrected chi connectivity index (χ4v) is 2.34. The molecule has 102 valence electrons. The molecule has 0 aliphatic rings. The van der Waals surface area contributed by atoms with Gasteiger partial charge in [0.2, 0.25) is 0 Å². The van der Waals surface area contributed by atoms with Gasteiger partial charge in [0.15, 0.2) is 5.82 Å². The molecule has 1 N–H and O–H groups in total. The van der Waals surface area contributed by atoms with E-state index >= 15 is 0 Å². The molecule has 0 fully saturated rings. The summed E-state index contributed by atoms with van der Waals surface area (Å²) in [5, 5.41) is 7.92.